The van der Waals surface area contributed by atoms with Crippen LogP contribution in [0.15, 0.2) is 18.2 Å². The number of rotatable bonds is 9. The number of nitrogen functional groups attached to an aromatic ring is 1. The first-order chi connectivity index (χ1) is 17.0. The Morgan fingerprint density at radius 3 is 2.63 bits per heavy atom. The minimum atomic E-state index is -0.599. The minimum Gasteiger partial charge on any atom is -0.490 e. The summed E-state index contributed by atoms with van der Waals surface area (Å²) >= 11 is 1.65. The molecule has 3 aromatic rings. The Hall–Kier alpha value is -3.40. The van der Waals surface area contributed by atoms with Gasteiger partial charge in [-0.3, -0.25) is 9.59 Å². The second kappa shape index (κ2) is 11.4. The summed E-state index contributed by atoms with van der Waals surface area (Å²) in [7, 11) is 0. The SMILES string of the molecule is CCOc1ccc(C(=O)NCC(=O)OCc2nc(N)c3c4c(sc3n2)CCCCC4)cc1OCC. The van der Waals surface area contributed by atoms with Crippen LogP contribution in [0.5, 0.6) is 11.5 Å². The number of benzene rings is 1. The van der Waals surface area contributed by atoms with Crippen LogP contribution in [0, 0.1) is 0 Å². The van der Waals surface area contributed by atoms with Crippen LogP contribution in [0.1, 0.15) is 59.7 Å². The van der Waals surface area contributed by atoms with Crippen LogP contribution in [-0.2, 0) is 29.0 Å². The van der Waals surface area contributed by atoms with Gasteiger partial charge < -0.3 is 25.3 Å². The van der Waals surface area contributed by atoms with E-state index in [0.29, 0.717) is 41.9 Å². The van der Waals surface area contributed by atoms with Gasteiger partial charge in [-0.15, -0.1) is 11.3 Å². The Kier molecular flexibility index (Phi) is 8.02. The molecule has 0 bridgehead atoms. The van der Waals surface area contributed by atoms with E-state index in [1.54, 1.807) is 29.5 Å². The second-order valence-corrected chi connectivity index (χ2v) is 9.22. The highest BCUT2D eigenvalue weighted by Crippen LogP contribution is 2.37. The number of thiophene rings is 1. The molecular weight excluding hydrogens is 468 g/mol. The lowest BCUT2D eigenvalue weighted by Gasteiger charge is -2.12. The lowest BCUT2D eigenvalue weighted by Crippen LogP contribution is -2.30. The smallest absolute Gasteiger partial charge is 0.325 e. The summed E-state index contributed by atoms with van der Waals surface area (Å²) in [6.45, 7) is 4.23. The molecule has 1 aliphatic carbocycles. The zero-order valence-corrected chi connectivity index (χ0v) is 20.8. The molecule has 0 aliphatic heterocycles. The van der Waals surface area contributed by atoms with Crippen molar-refractivity contribution in [2.24, 2.45) is 0 Å². The number of aromatic nitrogens is 2. The van der Waals surface area contributed by atoms with Gasteiger partial charge in [0.25, 0.3) is 5.91 Å². The molecule has 0 atom stereocenters. The maximum Gasteiger partial charge on any atom is 0.325 e. The monoisotopic (exact) mass is 498 g/mol. The van der Waals surface area contributed by atoms with E-state index in [-0.39, 0.29) is 13.2 Å². The van der Waals surface area contributed by atoms with E-state index in [4.69, 9.17) is 19.9 Å². The highest BCUT2D eigenvalue weighted by Gasteiger charge is 2.20. The van der Waals surface area contributed by atoms with Gasteiger partial charge in [0, 0.05) is 10.4 Å². The maximum absolute atomic E-state index is 12.5. The lowest BCUT2D eigenvalue weighted by molar-refractivity contribution is -0.143. The van der Waals surface area contributed by atoms with Crippen LogP contribution in [0.25, 0.3) is 10.2 Å². The number of aryl methyl sites for hydroxylation is 2. The van der Waals surface area contributed by atoms with Crippen molar-refractivity contribution < 1.29 is 23.8 Å². The van der Waals surface area contributed by atoms with Gasteiger partial charge in [0.2, 0.25) is 0 Å². The number of nitrogens with one attached hydrogen (secondary N) is 1. The largest absolute Gasteiger partial charge is 0.490 e. The molecule has 1 amide bonds. The molecule has 9 nitrogen and oxygen atoms in total. The number of esters is 1. The molecule has 186 valence electrons. The fourth-order valence-electron chi connectivity index (χ4n) is 4.12. The Balaban J connectivity index is 1.34. The number of fused-ring (bicyclic) bond motifs is 3. The lowest BCUT2D eigenvalue weighted by atomic mass is 10.1. The standard InChI is InChI=1S/C25H30N4O5S/c1-3-32-17-11-10-15(12-18(17)33-4-2)24(31)27-13-21(30)34-14-20-28-23(26)22-16-8-6-5-7-9-19(16)35-25(22)29-20/h10-12H,3-9,13-14H2,1-2H3,(H,27,31)(H2,26,28,29). The van der Waals surface area contributed by atoms with Crippen LogP contribution < -0.4 is 20.5 Å². The van der Waals surface area contributed by atoms with E-state index in [1.807, 2.05) is 13.8 Å². The first-order valence-electron chi connectivity index (χ1n) is 11.9. The Morgan fingerprint density at radius 1 is 1.06 bits per heavy atom. The summed E-state index contributed by atoms with van der Waals surface area (Å²) in [6.07, 6.45) is 5.58. The van der Waals surface area contributed by atoms with Crippen LogP contribution in [0.3, 0.4) is 0 Å². The molecule has 0 spiro atoms. The zero-order chi connectivity index (χ0) is 24.8. The highest BCUT2D eigenvalue weighted by atomic mass is 32.1. The molecule has 35 heavy (non-hydrogen) atoms. The summed E-state index contributed by atoms with van der Waals surface area (Å²) < 4.78 is 16.3. The molecule has 0 unspecified atom stereocenters. The van der Waals surface area contributed by atoms with E-state index in [1.165, 1.54) is 23.3 Å². The van der Waals surface area contributed by atoms with E-state index < -0.39 is 11.9 Å². The third-order valence-corrected chi connectivity index (χ3v) is 6.89. The van der Waals surface area contributed by atoms with Crippen LogP contribution in [-0.4, -0.2) is 41.6 Å². The van der Waals surface area contributed by atoms with E-state index in [9.17, 15) is 9.59 Å². The molecule has 0 radical (unpaired) electrons. The van der Waals surface area contributed by atoms with Crippen LogP contribution >= 0.6 is 11.3 Å². The molecule has 1 aromatic carbocycles. The van der Waals surface area contributed by atoms with Crippen molar-refractivity contribution in [3.8, 4) is 11.5 Å². The Morgan fingerprint density at radius 2 is 1.83 bits per heavy atom. The number of carbonyl (C=O) groups is 2. The molecule has 0 saturated heterocycles. The van der Waals surface area contributed by atoms with Gasteiger partial charge in [-0.25, -0.2) is 9.97 Å². The van der Waals surface area contributed by atoms with Crippen molar-refractivity contribution in [3.63, 3.8) is 0 Å². The number of carbonyl (C=O) groups excluding carboxylic acids is 2. The van der Waals surface area contributed by atoms with Gasteiger partial charge in [-0.2, -0.15) is 0 Å². The fourth-order valence-corrected chi connectivity index (χ4v) is 5.40. The maximum atomic E-state index is 12.5. The summed E-state index contributed by atoms with van der Waals surface area (Å²) in [6, 6.07) is 4.87. The summed E-state index contributed by atoms with van der Waals surface area (Å²) in [5, 5.41) is 3.50. The molecule has 0 saturated carbocycles. The average molecular weight is 499 g/mol. The number of amides is 1. The Bertz CT molecular complexity index is 1230. The first-order valence-corrected chi connectivity index (χ1v) is 12.7. The van der Waals surface area contributed by atoms with Crippen LogP contribution in [0.4, 0.5) is 5.82 Å². The fraction of sp³-hybridized carbons (Fsp3) is 0.440. The first kappa shape index (κ1) is 24.7. The number of ether oxygens (including phenoxy) is 3. The van der Waals surface area contributed by atoms with Gasteiger partial charge in [0.1, 0.15) is 17.2 Å². The molecular formula is C25H30N4O5S. The number of nitrogens with two attached hydrogens (primary N) is 1. The van der Waals surface area contributed by atoms with E-state index >= 15 is 0 Å². The summed E-state index contributed by atoms with van der Waals surface area (Å²) in [5.41, 5.74) is 7.87. The van der Waals surface area contributed by atoms with Crippen LogP contribution in [0.2, 0.25) is 0 Å². The number of anilines is 1. The van der Waals surface area contributed by atoms with Gasteiger partial charge in [0.15, 0.2) is 23.9 Å². The predicted molar refractivity (Wildman–Crippen MR) is 134 cm³/mol. The molecule has 0 fully saturated rings. The van der Waals surface area contributed by atoms with Crippen molar-refractivity contribution in [3.05, 3.63) is 40.0 Å². The van der Waals surface area contributed by atoms with Crippen molar-refractivity contribution in [2.75, 3.05) is 25.5 Å². The Labute approximate surface area is 208 Å². The molecule has 2 heterocycles. The van der Waals surface area contributed by atoms with Crippen molar-refractivity contribution >= 4 is 39.2 Å². The quantitative estimate of drug-likeness (QED) is 0.337. The van der Waals surface area contributed by atoms with Crippen molar-refractivity contribution in [2.45, 2.75) is 52.6 Å². The number of hydrogen-bond donors (Lipinski definition) is 2. The third-order valence-electron chi connectivity index (χ3n) is 5.70. The topological polar surface area (TPSA) is 126 Å². The minimum absolute atomic E-state index is 0.116. The van der Waals surface area contributed by atoms with Crippen molar-refractivity contribution in [1.29, 1.82) is 0 Å². The molecule has 3 N–H and O–H groups in total. The third kappa shape index (κ3) is 5.82. The summed E-state index contributed by atoms with van der Waals surface area (Å²) in [4.78, 5) is 35.8. The highest BCUT2D eigenvalue weighted by molar-refractivity contribution is 7.19. The summed E-state index contributed by atoms with van der Waals surface area (Å²) in [5.74, 6) is 0.782. The van der Waals surface area contributed by atoms with E-state index in [0.717, 1.165) is 29.5 Å². The van der Waals surface area contributed by atoms with Gasteiger partial charge in [-0.1, -0.05) is 6.42 Å². The molecule has 10 heteroatoms. The van der Waals surface area contributed by atoms with Gasteiger partial charge in [0.05, 0.1) is 18.6 Å². The van der Waals surface area contributed by atoms with Gasteiger partial charge in [-0.05, 0) is 63.3 Å². The molecule has 2 aromatic heterocycles. The normalized spacial score (nSPS) is 13.1. The number of nitrogens with zero attached hydrogens (tertiary/aromatic N) is 2. The second-order valence-electron chi connectivity index (χ2n) is 8.14. The zero-order valence-electron chi connectivity index (χ0n) is 20.0. The van der Waals surface area contributed by atoms with Gasteiger partial charge >= 0.3 is 5.97 Å². The number of hydrogen-bond acceptors (Lipinski definition) is 9. The predicted octanol–water partition coefficient (Wildman–Crippen LogP) is 3.81. The molecule has 1 aliphatic rings. The van der Waals surface area contributed by atoms with E-state index in [2.05, 4.69) is 15.3 Å². The molecule has 4 rings (SSSR count). The average Bonchev–Trinajstić information content (AvgIpc) is 3.04. The van der Waals surface area contributed by atoms with Crippen molar-refractivity contribution in [1.82, 2.24) is 15.3 Å².